The molecule has 0 saturated heterocycles. The zero-order valence-corrected chi connectivity index (χ0v) is 32.4. The summed E-state index contributed by atoms with van der Waals surface area (Å²) in [6.45, 7) is 7.61. The number of aryl methyl sites for hydroxylation is 3. The van der Waals surface area contributed by atoms with Crippen LogP contribution in [0.2, 0.25) is 12.1 Å². The predicted octanol–water partition coefficient (Wildman–Crippen LogP) is 4.03. The van der Waals surface area contributed by atoms with Gasteiger partial charge >= 0.3 is 23.7 Å². The summed E-state index contributed by atoms with van der Waals surface area (Å²) in [5.74, 6) is 1.65. The molecule has 0 aliphatic rings. The second-order valence-corrected chi connectivity index (χ2v) is 17.3. The van der Waals surface area contributed by atoms with Crippen LogP contribution in [0, 0.1) is 20.8 Å². The minimum absolute atomic E-state index is 0.105. The Hall–Kier alpha value is -2.98. The Balaban J connectivity index is 0.000000348. The third kappa shape index (κ3) is 14.0. The van der Waals surface area contributed by atoms with Crippen molar-refractivity contribution in [3.63, 3.8) is 0 Å². The molecule has 2 heterocycles. The van der Waals surface area contributed by atoms with Crippen molar-refractivity contribution in [2.75, 3.05) is 62.4 Å². The molecule has 17 heteroatoms. The fraction of sp³-hybridized carbons (Fsp3) is 0.594. The predicted molar refractivity (Wildman–Crippen MR) is 188 cm³/mol. The third-order valence-electron chi connectivity index (χ3n) is 7.75. The highest BCUT2D eigenvalue weighted by Gasteiger charge is 2.37. The lowest BCUT2D eigenvalue weighted by molar-refractivity contribution is 0.0263. The second kappa shape index (κ2) is 22.0. The van der Waals surface area contributed by atoms with E-state index in [1.165, 1.54) is 0 Å². The van der Waals surface area contributed by atoms with Gasteiger partial charge in [0.05, 0.1) is 30.6 Å². The van der Waals surface area contributed by atoms with Crippen molar-refractivity contribution in [1.82, 2.24) is 24.8 Å². The molecule has 3 aromatic rings. The lowest BCUT2D eigenvalue weighted by Gasteiger charge is -2.24. The SMILES string of the molecule is CO[Si](CCCNC(=O)OCc1nc(-c2ccccc2)[nH]c1C)(OC)OC.CO[Si](CCCOCC(O)Cn1cc(C)nc1C)(OC)OC. The van der Waals surface area contributed by atoms with Gasteiger partial charge in [0.2, 0.25) is 0 Å². The number of hydrogen-bond acceptors (Lipinski definition) is 12. The molecule has 1 aromatic carbocycles. The monoisotopic (exact) mass is 725 g/mol. The third-order valence-corrected chi connectivity index (χ3v) is 13.4. The highest BCUT2D eigenvalue weighted by atomic mass is 28.4. The van der Waals surface area contributed by atoms with Crippen LogP contribution in [0.5, 0.6) is 0 Å². The number of nitrogens with one attached hydrogen (secondary N) is 2. The Morgan fingerprint density at radius 1 is 0.898 bits per heavy atom. The van der Waals surface area contributed by atoms with E-state index in [0.29, 0.717) is 43.9 Å². The first kappa shape index (κ1) is 42.2. The number of alkyl carbamates (subject to hydrolysis) is 1. The van der Waals surface area contributed by atoms with Gasteiger partial charge in [-0.05, 0) is 33.6 Å². The van der Waals surface area contributed by atoms with Crippen molar-refractivity contribution in [1.29, 1.82) is 0 Å². The fourth-order valence-corrected chi connectivity index (χ4v) is 8.32. The normalized spacial score (nSPS) is 12.4. The van der Waals surface area contributed by atoms with Crippen LogP contribution in [0.1, 0.15) is 35.7 Å². The topological polar surface area (TPSA) is 170 Å². The summed E-state index contributed by atoms with van der Waals surface area (Å²) in [5.41, 5.74) is 3.51. The van der Waals surface area contributed by atoms with Crippen molar-refractivity contribution in [3.8, 4) is 11.4 Å². The van der Waals surface area contributed by atoms with E-state index in [2.05, 4.69) is 20.3 Å². The molecule has 2 aromatic heterocycles. The highest BCUT2D eigenvalue weighted by Crippen LogP contribution is 2.19. The molecule has 1 amide bonds. The van der Waals surface area contributed by atoms with Gasteiger partial charge in [-0.3, -0.25) is 0 Å². The Kier molecular flexibility index (Phi) is 18.9. The van der Waals surface area contributed by atoms with E-state index in [4.69, 9.17) is 36.0 Å². The largest absolute Gasteiger partial charge is 0.500 e. The van der Waals surface area contributed by atoms with Crippen LogP contribution in [-0.4, -0.2) is 117 Å². The number of aliphatic hydroxyl groups excluding tert-OH is 1. The number of aliphatic hydroxyl groups is 1. The van der Waals surface area contributed by atoms with Crippen LogP contribution < -0.4 is 5.32 Å². The van der Waals surface area contributed by atoms with Gasteiger partial charge in [-0.25, -0.2) is 14.8 Å². The summed E-state index contributed by atoms with van der Waals surface area (Å²) in [6.07, 6.45) is 2.31. The number of rotatable bonds is 21. The molecule has 0 aliphatic carbocycles. The molecule has 1 atom stereocenters. The van der Waals surface area contributed by atoms with E-state index in [1.807, 2.05) is 61.9 Å². The first-order chi connectivity index (χ1) is 23.5. The number of aromatic nitrogens is 4. The Morgan fingerprint density at radius 2 is 1.49 bits per heavy atom. The average molecular weight is 726 g/mol. The summed E-state index contributed by atoms with van der Waals surface area (Å²) in [5, 5.41) is 12.7. The molecule has 15 nitrogen and oxygen atoms in total. The van der Waals surface area contributed by atoms with Gasteiger partial charge in [0.25, 0.3) is 0 Å². The van der Waals surface area contributed by atoms with Gasteiger partial charge in [0.1, 0.15) is 18.3 Å². The Labute approximate surface area is 292 Å². The summed E-state index contributed by atoms with van der Waals surface area (Å²) < 4.78 is 44.7. The lowest BCUT2D eigenvalue weighted by Crippen LogP contribution is -2.43. The molecule has 49 heavy (non-hydrogen) atoms. The van der Waals surface area contributed by atoms with Gasteiger partial charge in [-0.15, -0.1) is 0 Å². The molecule has 0 bridgehead atoms. The zero-order chi connectivity index (χ0) is 36.3. The molecule has 276 valence electrons. The van der Waals surface area contributed by atoms with E-state index in [-0.39, 0.29) is 13.2 Å². The summed E-state index contributed by atoms with van der Waals surface area (Å²) in [6, 6.07) is 11.1. The van der Waals surface area contributed by atoms with E-state index in [9.17, 15) is 9.90 Å². The Morgan fingerprint density at radius 3 is 2.04 bits per heavy atom. The summed E-state index contributed by atoms with van der Waals surface area (Å²) in [7, 11) is 4.37. The molecule has 3 rings (SSSR count). The van der Waals surface area contributed by atoms with E-state index >= 15 is 0 Å². The number of H-pyrrole nitrogens is 1. The maximum atomic E-state index is 11.9. The molecule has 0 spiro atoms. The second-order valence-electron chi connectivity index (χ2n) is 11.1. The van der Waals surface area contributed by atoms with E-state index in [1.54, 1.807) is 42.7 Å². The number of carbonyl (C=O) groups excluding carboxylic acids is 1. The van der Waals surface area contributed by atoms with Crippen molar-refractivity contribution < 1.29 is 45.9 Å². The zero-order valence-electron chi connectivity index (χ0n) is 30.4. The summed E-state index contributed by atoms with van der Waals surface area (Å²) >= 11 is 0. The minimum atomic E-state index is -2.60. The van der Waals surface area contributed by atoms with Crippen molar-refractivity contribution in [2.45, 2.75) is 65.0 Å². The number of ether oxygens (including phenoxy) is 2. The number of benzene rings is 1. The van der Waals surface area contributed by atoms with Crippen molar-refractivity contribution in [2.24, 2.45) is 0 Å². The maximum Gasteiger partial charge on any atom is 0.500 e. The van der Waals surface area contributed by atoms with E-state index < -0.39 is 29.8 Å². The van der Waals surface area contributed by atoms with Crippen LogP contribution in [0.15, 0.2) is 36.5 Å². The number of nitrogens with zero attached hydrogens (tertiary/aromatic N) is 3. The fourth-order valence-electron chi connectivity index (χ4n) is 4.90. The first-order valence-electron chi connectivity index (χ1n) is 16.1. The maximum absolute atomic E-state index is 11.9. The van der Waals surface area contributed by atoms with Crippen molar-refractivity contribution in [3.05, 3.63) is 59.4 Å². The summed E-state index contributed by atoms with van der Waals surface area (Å²) in [4.78, 5) is 23.9. The van der Waals surface area contributed by atoms with Gasteiger partial charge in [-0.2, -0.15) is 0 Å². The molecular weight excluding hydrogens is 671 g/mol. The van der Waals surface area contributed by atoms with Gasteiger partial charge < -0.3 is 56.0 Å². The van der Waals surface area contributed by atoms with Crippen LogP contribution >= 0.6 is 0 Å². The first-order valence-corrected chi connectivity index (χ1v) is 19.9. The average Bonchev–Trinajstić information content (AvgIpc) is 3.65. The molecule has 1 unspecified atom stereocenters. The number of hydrogen-bond donors (Lipinski definition) is 3. The quantitative estimate of drug-likeness (QED) is 0.107. The van der Waals surface area contributed by atoms with Crippen molar-refractivity contribution >= 4 is 23.7 Å². The molecule has 0 aliphatic heterocycles. The van der Waals surface area contributed by atoms with Gasteiger partial charge in [0.15, 0.2) is 0 Å². The van der Waals surface area contributed by atoms with Crippen LogP contribution in [0.25, 0.3) is 11.4 Å². The molecular formula is C32H55N5O10Si2. The molecule has 0 radical (unpaired) electrons. The van der Waals surface area contributed by atoms with Gasteiger partial charge in [-0.1, -0.05) is 30.3 Å². The molecule has 0 saturated carbocycles. The van der Waals surface area contributed by atoms with Crippen LogP contribution in [0.4, 0.5) is 4.79 Å². The van der Waals surface area contributed by atoms with Gasteiger partial charge in [0, 0.05) is 85.4 Å². The van der Waals surface area contributed by atoms with Crippen LogP contribution in [-0.2, 0) is 49.2 Å². The standard InChI is InChI=1S/C18H27N3O5Si.C14H28N2O5Si/c1-14-16(21-17(20-14)15-9-6-5-7-10-15)13-26-18(22)19-11-8-12-27(23-2,24-3)25-4;1-12-9-16(13(2)15-12)10-14(17)11-21-7-6-8-22(18-3,19-4)20-5/h5-7,9-10H,8,11-13H2,1-4H3,(H,19,22)(H,20,21);9,14,17H,6-8,10-11H2,1-5H3. The number of imidazole rings is 2. The minimum Gasteiger partial charge on any atom is -0.443 e. The van der Waals surface area contributed by atoms with E-state index in [0.717, 1.165) is 35.0 Å². The molecule has 0 fully saturated rings. The molecule has 3 N–H and O–H groups in total. The Bertz CT molecular complexity index is 1340. The number of carbonyl (C=O) groups is 1. The smallest absolute Gasteiger partial charge is 0.443 e. The number of amides is 1. The highest BCUT2D eigenvalue weighted by molar-refractivity contribution is 6.60. The van der Waals surface area contributed by atoms with Crippen LogP contribution in [0.3, 0.4) is 0 Å². The number of aromatic amines is 1. The lowest BCUT2D eigenvalue weighted by atomic mass is 10.2.